The Hall–Kier alpha value is -3.37. The average molecular weight is 327 g/mol. The zero-order chi connectivity index (χ0) is 17.0. The van der Waals surface area contributed by atoms with Crippen molar-refractivity contribution in [3.8, 4) is 0 Å². The Bertz CT molecular complexity index is 1100. The summed E-state index contributed by atoms with van der Waals surface area (Å²) in [6.07, 6.45) is 3.25. The molecule has 0 spiro atoms. The summed E-state index contributed by atoms with van der Waals surface area (Å²) >= 11 is 0. The van der Waals surface area contributed by atoms with Crippen LogP contribution in [0.15, 0.2) is 12.5 Å². The highest BCUT2D eigenvalue weighted by molar-refractivity contribution is 5.88. The van der Waals surface area contributed by atoms with Crippen molar-refractivity contribution in [2.45, 2.75) is 20.4 Å². The van der Waals surface area contributed by atoms with Crippen molar-refractivity contribution in [2.24, 2.45) is 7.05 Å². The third kappa shape index (κ3) is 1.94. The van der Waals surface area contributed by atoms with Crippen LogP contribution in [-0.2, 0) is 13.6 Å². The third-order valence-corrected chi connectivity index (χ3v) is 3.93. The number of aromatic nitrogens is 8. The highest BCUT2D eigenvalue weighted by atomic mass is 16.6. The maximum Gasteiger partial charge on any atom is 0.312 e. The smallest absolute Gasteiger partial charge is 0.258 e. The van der Waals surface area contributed by atoms with Gasteiger partial charge in [-0.1, -0.05) is 0 Å². The van der Waals surface area contributed by atoms with Crippen molar-refractivity contribution in [2.75, 3.05) is 0 Å². The fourth-order valence-corrected chi connectivity index (χ4v) is 2.79. The van der Waals surface area contributed by atoms with E-state index in [4.69, 9.17) is 0 Å². The van der Waals surface area contributed by atoms with Gasteiger partial charge in [0, 0.05) is 7.05 Å². The molecule has 0 N–H and O–H groups in total. The molecule has 0 saturated carbocycles. The minimum atomic E-state index is -0.422. The molecule has 0 unspecified atom stereocenters. The standard InChI is InChI=1S/C13H13N9O2/c1-7-11(22(23)24)8(2)20(17-7)5-10-16-13-9-4-15-19(3)12(9)14-6-21(13)18-10/h4,6H,5H2,1-3H3. The fourth-order valence-electron chi connectivity index (χ4n) is 2.79. The first kappa shape index (κ1) is 14.2. The normalized spacial score (nSPS) is 11.6. The second kappa shape index (κ2) is 4.81. The van der Waals surface area contributed by atoms with Gasteiger partial charge < -0.3 is 0 Å². The zero-order valence-electron chi connectivity index (χ0n) is 13.2. The van der Waals surface area contributed by atoms with Crippen LogP contribution in [0, 0.1) is 24.0 Å². The molecule has 4 rings (SSSR count). The summed E-state index contributed by atoms with van der Waals surface area (Å²) in [4.78, 5) is 19.5. The lowest BCUT2D eigenvalue weighted by atomic mass is 10.3. The molecule has 4 aromatic heterocycles. The first-order valence-electron chi connectivity index (χ1n) is 7.16. The molecule has 122 valence electrons. The molecule has 0 radical (unpaired) electrons. The van der Waals surface area contributed by atoms with Crippen LogP contribution in [0.2, 0.25) is 0 Å². The molecular weight excluding hydrogens is 314 g/mol. The van der Waals surface area contributed by atoms with Gasteiger partial charge in [0.2, 0.25) is 0 Å². The van der Waals surface area contributed by atoms with Crippen molar-refractivity contribution in [1.82, 2.24) is 39.1 Å². The average Bonchev–Trinajstić information content (AvgIpc) is 3.16. The van der Waals surface area contributed by atoms with Crippen LogP contribution >= 0.6 is 0 Å². The van der Waals surface area contributed by atoms with E-state index in [-0.39, 0.29) is 12.2 Å². The number of aryl methyl sites for hydroxylation is 2. The second-order valence-corrected chi connectivity index (χ2v) is 5.48. The molecular formula is C13H13N9O2. The predicted molar refractivity (Wildman–Crippen MR) is 82.5 cm³/mol. The lowest BCUT2D eigenvalue weighted by molar-refractivity contribution is -0.386. The van der Waals surface area contributed by atoms with Crippen molar-refractivity contribution >= 4 is 22.4 Å². The van der Waals surface area contributed by atoms with Crippen LogP contribution in [0.5, 0.6) is 0 Å². The van der Waals surface area contributed by atoms with Crippen LogP contribution in [0.25, 0.3) is 16.7 Å². The molecule has 0 saturated heterocycles. The van der Waals surface area contributed by atoms with E-state index in [1.165, 1.54) is 4.68 Å². The van der Waals surface area contributed by atoms with Gasteiger partial charge in [-0.2, -0.15) is 10.2 Å². The summed E-state index contributed by atoms with van der Waals surface area (Å²) in [7, 11) is 1.80. The van der Waals surface area contributed by atoms with E-state index in [0.717, 1.165) is 5.39 Å². The summed E-state index contributed by atoms with van der Waals surface area (Å²) in [5.41, 5.74) is 2.22. The highest BCUT2D eigenvalue weighted by Crippen LogP contribution is 2.22. The van der Waals surface area contributed by atoms with Crippen LogP contribution in [0.1, 0.15) is 17.2 Å². The van der Waals surface area contributed by atoms with Gasteiger partial charge in [0.15, 0.2) is 17.1 Å². The lowest BCUT2D eigenvalue weighted by Crippen LogP contribution is -2.06. The van der Waals surface area contributed by atoms with Crippen LogP contribution in [-0.4, -0.2) is 44.1 Å². The van der Waals surface area contributed by atoms with Gasteiger partial charge in [0.05, 0.1) is 16.5 Å². The number of hydrogen-bond donors (Lipinski definition) is 0. The maximum absolute atomic E-state index is 11.1. The minimum absolute atomic E-state index is 0.0232. The first-order valence-corrected chi connectivity index (χ1v) is 7.16. The molecule has 11 heteroatoms. The Balaban J connectivity index is 1.79. The molecule has 0 aliphatic heterocycles. The van der Waals surface area contributed by atoms with Crippen LogP contribution in [0.4, 0.5) is 5.69 Å². The van der Waals surface area contributed by atoms with Crippen molar-refractivity contribution in [3.05, 3.63) is 39.9 Å². The molecule has 11 nitrogen and oxygen atoms in total. The molecule has 0 aliphatic carbocycles. The Morgan fingerprint density at radius 3 is 2.75 bits per heavy atom. The van der Waals surface area contributed by atoms with Gasteiger partial charge in [-0.05, 0) is 13.8 Å². The number of nitro groups is 1. The van der Waals surface area contributed by atoms with E-state index in [2.05, 4.69) is 25.3 Å². The van der Waals surface area contributed by atoms with Crippen molar-refractivity contribution in [1.29, 1.82) is 0 Å². The predicted octanol–water partition coefficient (Wildman–Crippen LogP) is 0.781. The Morgan fingerprint density at radius 2 is 2.04 bits per heavy atom. The summed E-state index contributed by atoms with van der Waals surface area (Å²) in [5, 5.41) is 24.6. The molecule has 4 aromatic rings. The Kier molecular flexibility index (Phi) is 2.85. The maximum atomic E-state index is 11.1. The fraction of sp³-hybridized carbons (Fsp3) is 0.308. The quantitative estimate of drug-likeness (QED) is 0.402. The Morgan fingerprint density at radius 1 is 1.25 bits per heavy atom. The molecule has 0 amide bonds. The van der Waals surface area contributed by atoms with Crippen LogP contribution in [0.3, 0.4) is 0 Å². The zero-order valence-corrected chi connectivity index (χ0v) is 13.2. The largest absolute Gasteiger partial charge is 0.312 e. The monoisotopic (exact) mass is 327 g/mol. The van der Waals surface area contributed by atoms with E-state index in [1.807, 2.05) is 0 Å². The van der Waals surface area contributed by atoms with Crippen LogP contribution < -0.4 is 0 Å². The van der Waals surface area contributed by atoms with Gasteiger partial charge in [0.25, 0.3) is 0 Å². The highest BCUT2D eigenvalue weighted by Gasteiger charge is 2.22. The topological polar surface area (TPSA) is 122 Å². The van der Waals surface area contributed by atoms with Gasteiger partial charge in [-0.25, -0.2) is 14.5 Å². The molecule has 24 heavy (non-hydrogen) atoms. The van der Waals surface area contributed by atoms with E-state index >= 15 is 0 Å². The first-order chi connectivity index (χ1) is 11.5. The van der Waals surface area contributed by atoms with Gasteiger partial charge in [-0.15, -0.1) is 5.10 Å². The van der Waals surface area contributed by atoms with Gasteiger partial charge >= 0.3 is 5.69 Å². The molecule has 4 heterocycles. The molecule has 0 fully saturated rings. The summed E-state index contributed by atoms with van der Waals surface area (Å²) in [6.45, 7) is 3.51. The van der Waals surface area contributed by atoms with Gasteiger partial charge in [-0.3, -0.25) is 19.5 Å². The molecule has 0 aromatic carbocycles. The molecule has 0 aliphatic rings. The number of nitrogens with zero attached hydrogens (tertiary/aromatic N) is 9. The second-order valence-electron chi connectivity index (χ2n) is 5.48. The van der Waals surface area contributed by atoms with E-state index in [1.54, 1.807) is 42.6 Å². The molecule has 0 bridgehead atoms. The summed E-state index contributed by atoms with van der Waals surface area (Å²) in [6, 6.07) is 0. The number of rotatable bonds is 3. The van der Waals surface area contributed by atoms with E-state index in [0.29, 0.717) is 28.5 Å². The van der Waals surface area contributed by atoms with Gasteiger partial charge in [0.1, 0.15) is 24.3 Å². The Labute approximate surface area is 134 Å². The molecule has 0 atom stereocenters. The van der Waals surface area contributed by atoms with Crippen molar-refractivity contribution < 1.29 is 4.92 Å². The number of fused-ring (bicyclic) bond motifs is 3. The van der Waals surface area contributed by atoms with E-state index in [9.17, 15) is 10.1 Å². The minimum Gasteiger partial charge on any atom is -0.258 e. The van der Waals surface area contributed by atoms with E-state index < -0.39 is 4.92 Å². The van der Waals surface area contributed by atoms with Crippen molar-refractivity contribution in [3.63, 3.8) is 0 Å². The number of hydrogen-bond acceptors (Lipinski definition) is 7. The summed E-state index contributed by atoms with van der Waals surface area (Å²) in [5.74, 6) is 0.494. The lowest BCUT2D eigenvalue weighted by Gasteiger charge is -1.98. The summed E-state index contributed by atoms with van der Waals surface area (Å²) < 4.78 is 4.77. The SMILES string of the molecule is Cc1nn(Cc2nc3c4cnn(C)c4ncn3n2)c(C)c1[N+](=O)[O-]. The third-order valence-electron chi connectivity index (χ3n) is 3.93.